The van der Waals surface area contributed by atoms with Gasteiger partial charge in [0.25, 0.3) is 17.7 Å². The molecule has 1 fully saturated rings. The lowest BCUT2D eigenvalue weighted by atomic mass is 10.0. The minimum absolute atomic E-state index is 0.0454. The first-order valence-electron chi connectivity index (χ1n) is 16.9. The van der Waals surface area contributed by atoms with Crippen LogP contribution >= 0.6 is 0 Å². The smallest absolute Gasteiger partial charge is 0.322 e. The summed E-state index contributed by atoms with van der Waals surface area (Å²) in [5.41, 5.74) is 4.81. The number of fused-ring (bicyclic) bond motifs is 1. The molecule has 1 unspecified atom stereocenters. The molecule has 0 saturated carbocycles. The number of carbonyl (C=O) groups is 6. The lowest BCUT2D eigenvalue weighted by Crippen LogP contribution is -2.54. The summed E-state index contributed by atoms with van der Waals surface area (Å²) in [6, 6.07) is 16.9. The largest absolute Gasteiger partial charge is 0.471 e. The third kappa shape index (κ3) is 8.48. The molecule has 5 N–H and O–H groups in total. The average Bonchev–Trinajstić information content (AvgIpc) is 3.72. The number of nitrogens with zero attached hydrogens (tertiary/aromatic N) is 5. The van der Waals surface area contributed by atoms with Crippen molar-refractivity contribution in [3.05, 3.63) is 101 Å². The van der Waals surface area contributed by atoms with Gasteiger partial charge < -0.3 is 20.3 Å². The van der Waals surface area contributed by atoms with E-state index in [1.807, 2.05) is 6.92 Å². The highest BCUT2D eigenvalue weighted by Gasteiger charge is 2.44. The summed E-state index contributed by atoms with van der Waals surface area (Å²) in [5, 5.41) is 25.3. The quantitative estimate of drug-likeness (QED) is 0.0723. The Morgan fingerprint density at radius 3 is 2.43 bits per heavy atom. The van der Waals surface area contributed by atoms with Crippen LogP contribution in [-0.2, 0) is 29.4 Å². The van der Waals surface area contributed by atoms with Crippen molar-refractivity contribution in [2.45, 2.75) is 58.5 Å². The Bertz CT molecular complexity index is 2030. The molecule has 1 atom stereocenters. The normalized spacial score (nSPS) is 15.1. The third-order valence-corrected chi connectivity index (χ3v) is 8.73. The Hall–Kier alpha value is -6.62. The molecule has 53 heavy (non-hydrogen) atoms. The highest BCUT2D eigenvalue weighted by atomic mass is 16.5. The number of nitrogens with one attached hydrogen (secondary N) is 4. The molecule has 2 aliphatic rings. The maximum absolute atomic E-state index is 13.2. The van der Waals surface area contributed by atoms with Crippen molar-refractivity contribution in [2.24, 2.45) is 0 Å². The maximum Gasteiger partial charge on any atom is 0.322 e. The number of benzene rings is 3. The van der Waals surface area contributed by atoms with Crippen molar-refractivity contribution < 1.29 is 38.7 Å². The Morgan fingerprint density at radius 1 is 0.981 bits per heavy atom. The van der Waals surface area contributed by atoms with Gasteiger partial charge in [-0.3, -0.25) is 39.4 Å². The van der Waals surface area contributed by atoms with Crippen LogP contribution in [0, 0.1) is 0 Å². The van der Waals surface area contributed by atoms with Crippen LogP contribution in [0.5, 0.6) is 5.75 Å². The van der Waals surface area contributed by atoms with Gasteiger partial charge in [0, 0.05) is 36.4 Å². The van der Waals surface area contributed by atoms with E-state index in [0.29, 0.717) is 41.5 Å². The molecule has 17 heteroatoms. The summed E-state index contributed by atoms with van der Waals surface area (Å²) < 4.78 is 7.34. The highest BCUT2D eigenvalue weighted by Crippen LogP contribution is 2.29. The third-order valence-electron chi connectivity index (χ3n) is 8.73. The second kappa shape index (κ2) is 16.2. The van der Waals surface area contributed by atoms with Crippen molar-refractivity contribution in [1.29, 1.82) is 0 Å². The molecule has 0 spiro atoms. The zero-order chi connectivity index (χ0) is 37.5. The monoisotopic (exact) mass is 723 g/mol. The lowest BCUT2D eigenvalue weighted by Gasteiger charge is -2.27. The molecular weight excluding hydrogens is 686 g/mol. The molecule has 0 radical (unpaired) electrons. The predicted molar refractivity (Wildman–Crippen MR) is 188 cm³/mol. The van der Waals surface area contributed by atoms with Crippen molar-refractivity contribution in [3.63, 3.8) is 0 Å². The first kappa shape index (κ1) is 36.2. The number of amides is 7. The van der Waals surface area contributed by atoms with Crippen LogP contribution in [0.1, 0.15) is 74.9 Å². The molecule has 17 nitrogen and oxygen atoms in total. The van der Waals surface area contributed by atoms with E-state index in [1.54, 1.807) is 77.2 Å². The summed E-state index contributed by atoms with van der Waals surface area (Å²) in [6.45, 7) is 3.24. The van der Waals surface area contributed by atoms with E-state index in [-0.39, 0.29) is 43.3 Å². The van der Waals surface area contributed by atoms with Gasteiger partial charge in [-0.15, -0.1) is 5.10 Å². The zero-order valence-corrected chi connectivity index (χ0v) is 28.7. The van der Waals surface area contributed by atoms with Crippen LogP contribution in [0.2, 0.25) is 0 Å². The molecule has 3 heterocycles. The van der Waals surface area contributed by atoms with Crippen molar-refractivity contribution in [3.8, 4) is 5.75 Å². The number of rotatable bonds is 14. The molecule has 1 aromatic heterocycles. The zero-order valence-electron chi connectivity index (χ0n) is 28.7. The van der Waals surface area contributed by atoms with Gasteiger partial charge in [-0.05, 0) is 73.0 Å². The first-order chi connectivity index (χ1) is 25.6. The van der Waals surface area contributed by atoms with Crippen LogP contribution in [0.4, 0.5) is 16.2 Å². The number of hydrogen-bond acceptors (Lipinski definition) is 11. The second-order valence-electron chi connectivity index (χ2n) is 12.5. The summed E-state index contributed by atoms with van der Waals surface area (Å²) in [7, 11) is 0. The number of hydrogen-bond donors (Lipinski definition) is 5. The van der Waals surface area contributed by atoms with Gasteiger partial charge in [0.2, 0.25) is 11.8 Å². The topological polar surface area (TPSA) is 217 Å². The molecule has 274 valence electrons. The molecule has 0 bridgehead atoms. The van der Waals surface area contributed by atoms with E-state index < -0.39 is 35.6 Å². The number of anilines is 2. The van der Waals surface area contributed by atoms with Gasteiger partial charge in [-0.1, -0.05) is 30.7 Å². The number of ether oxygens (including phenoxy) is 1. The molecule has 3 aromatic carbocycles. The molecule has 1 saturated heterocycles. The number of hydroxylamine groups is 1. The highest BCUT2D eigenvalue weighted by molar-refractivity contribution is 6.23. The SMILES string of the molecule is CCCCN(Cc1ccc(C(=O)NO)cc1)C(=O)Nc1ccc(OCn2cc(CNc3ccc4c(c3)C(=O)N(C3CCC(=O)NC3=O)C4=O)nn2)cc1. The molecule has 6 rings (SSSR count). The van der Waals surface area contributed by atoms with Crippen molar-refractivity contribution >= 4 is 46.9 Å². The average molecular weight is 724 g/mol. The Labute approximate surface area is 303 Å². The number of unbranched alkanes of at least 4 members (excludes halogenated alkanes) is 1. The first-order valence-corrected chi connectivity index (χ1v) is 16.9. The van der Waals surface area contributed by atoms with Gasteiger partial charge in [0.05, 0.1) is 23.9 Å². The van der Waals surface area contributed by atoms with Crippen LogP contribution in [-0.4, -0.2) is 78.2 Å². The fourth-order valence-electron chi connectivity index (χ4n) is 5.88. The Kier molecular flexibility index (Phi) is 11.0. The van der Waals surface area contributed by atoms with Gasteiger partial charge in [-0.2, -0.15) is 0 Å². The van der Waals surface area contributed by atoms with Gasteiger partial charge in [-0.25, -0.2) is 15.0 Å². The molecule has 4 aromatic rings. The summed E-state index contributed by atoms with van der Waals surface area (Å²) >= 11 is 0. The van der Waals surface area contributed by atoms with E-state index in [2.05, 4.69) is 26.3 Å². The molecule has 0 aliphatic carbocycles. The number of piperidine rings is 1. The van der Waals surface area contributed by atoms with Crippen LogP contribution in [0.15, 0.2) is 72.9 Å². The van der Waals surface area contributed by atoms with E-state index in [9.17, 15) is 28.8 Å². The van der Waals surface area contributed by atoms with E-state index in [4.69, 9.17) is 9.94 Å². The minimum Gasteiger partial charge on any atom is -0.471 e. The Morgan fingerprint density at radius 2 is 1.72 bits per heavy atom. The lowest BCUT2D eigenvalue weighted by molar-refractivity contribution is -0.136. The van der Waals surface area contributed by atoms with E-state index >= 15 is 0 Å². The molecular formula is C36H37N9O8. The minimum atomic E-state index is -1.03. The maximum atomic E-state index is 13.2. The van der Waals surface area contributed by atoms with E-state index in [0.717, 1.165) is 23.3 Å². The molecule has 7 amide bonds. The summed E-state index contributed by atoms with van der Waals surface area (Å²) in [4.78, 5) is 77.3. The summed E-state index contributed by atoms with van der Waals surface area (Å²) in [5.74, 6) is -2.33. The fourth-order valence-corrected chi connectivity index (χ4v) is 5.88. The standard InChI is InChI=1S/C36H37N9O8/c1-2-3-16-43(19-22-4-6-23(7-5-22)32(47)41-52)36(51)38-24-8-11-27(12-9-24)53-21-44-20-26(40-42-44)18-37-25-10-13-28-29(17-25)35(50)45(34(28)49)30-14-15-31(46)39-33(30)48/h4-13,17,20,30,37,52H,2-3,14-16,18-19,21H2,1H3,(H,38,51)(H,41,47)(H,39,46,48). The fraction of sp³-hybridized carbons (Fsp3) is 0.278. The van der Waals surface area contributed by atoms with Crippen molar-refractivity contribution in [2.75, 3.05) is 17.2 Å². The van der Waals surface area contributed by atoms with Gasteiger partial charge in [0.15, 0.2) is 6.73 Å². The van der Waals surface area contributed by atoms with Gasteiger partial charge >= 0.3 is 6.03 Å². The van der Waals surface area contributed by atoms with Crippen LogP contribution in [0.25, 0.3) is 0 Å². The number of carbonyl (C=O) groups excluding carboxylic acids is 6. The molecule has 2 aliphatic heterocycles. The van der Waals surface area contributed by atoms with Crippen molar-refractivity contribution in [1.82, 2.24) is 35.6 Å². The van der Waals surface area contributed by atoms with E-state index in [1.165, 1.54) is 10.7 Å². The number of aromatic nitrogens is 3. The summed E-state index contributed by atoms with van der Waals surface area (Å²) in [6.07, 6.45) is 3.54. The van der Waals surface area contributed by atoms with Gasteiger partial charge in [0.1, 0.15) is 17.5 Å². The second-order valence-corrected chi connectivity index (χ2v) is 12.5. The van der Waals surface area contributed by atoms with Crippen LogP contribution in [0.3, 0.4) is 0 Å². The van der Waals surface area contributed by atoms with Crippen LogP contribution < -0.4 is 26.2 Å². The number of imide groups is 2. The Balaban J connectivity index is 0.983. The number of urea groups is 1. The predicted octanol–water partition coefficient (Wildman–Crippen LogP) is 3.28.